The molecule has 0 spiro atoms. The van der Waals surface area contributed by atoms with E-state index >= 15 is 0 Å². The second-order valence-corrected chi connectivity index (χ2v) is 5.81. The minimum atomic E-state index is -0.574. The van der Waals surface area contributed by atoms with Crippen molar-refractivity contribution in [3.8, 4) is 0 Å². The summed E-state index contributed by atoms with van der Waals surface area (Å²) in [6, 6.07) is 8.38. The van der Waals surface area contributed by atoms with Crippen LogP contribution in [-0.2, 0) is 4.79 Å². The van der Waals surface area contributed by atoms with Crippen LogP contribution in [0.25, 0.3) is 10.9 Å². The Bertz CT molecular complexity index is 826. The van der Waals surface area contributed by atoms with E-state index in [0.29, 0.717) is 17.8 Å². The van der Waals surface area contributed by atoms with E-state index in [2.05, 4.69) is 15.2 Å². The first-order valence-electron chi connectivity index (χ1n) is 7.42. The molecule has 0 aliphatic carbocycles. The van der Waals surface area contributed by atoms with Crippen molar-refractivity contribution < 1.29 is 9.18 Å². The summed E-state index contributed by atoms with van der Waals surface area (Å²) >= 11 is 0. The van der Waals surface area contributed by atoms with Gasteiger partial charge < -0.3 is 0 Å². The molecule has 3 rings (SSSR count). The lowest BCUT2D eigenvalue weighted by atomic mass is 10.1. The maximum atomic E-state index is 13.1. The van der Waals surface area contributed by atoms with Gasteiger partial charge >= 0.3 is 0 Å². The molecule has 2 heterocycles. The first-order valence-corrected chi connectivity index (χ1v) is 7.42. The SMILES string of the molecule is CC(C)CC(=O)N(c1ccc(F)nc1)c1ccc2[nH]ncc2c1. The number of benzene rings is 1. The number of halogens is 1. The molecule has 3 aromatic rings. The number of carbonyl (C=O) groups excluding carboxylic acids is 1. The lowest BCUT2D eigenvalue weighted by molar-refractivity contribution is -0.118. The van der Waals surface area contributed by atoms with E-state index in [9.17, 15) is 9.18 Å². The summed E-state index contributed by atoms with van der Waals surface area (Å²) in [4.78, 5) is 17.9. The number of aromatic nitrogens is 3. The lowest BCUT2D eigenvalue weighted by Gasteiger charge is -2.23. The molecular weight excluding hydrogens is 295 g/mol. The minimum Gasteiger partial charge on any atom is -0.279 e. The van der Waals surface area contributed by atoms with Crippen LogP contribution in [-0.4, -0.2) is 21.1 Å². The fourth-order valence-electron chi connectivity index (χ4n) is 2.45. The summed E-state index contributed by atoms with van der Waals surface area (Å²) in [5.74, 6) is -0.414. The molecule has 23 heavy (non-hydrogen) atoms. The third-order valence-electron chi connectivity index (χ3n) is 3.48. The Labute approximate surface area is 133 Å². The van der Waals surface area contributed by atoms with E-state index in [0.717, 1.165) is 10.9 Å². The number of nitrogens with zero attached hydrogens (tertiary/aromatic N) is 3. The number of fused-ring (bicyclic) bond motifs is 1. The molecule has 6 heteroatoms. The molecule has 0 saturated carbocycles. The molecule has 0 radical (unpaired) electrons. The first kappa shape index (κ1) is 15.1. The van der Waals surface area contributed by atoms with Crippen LogP contribution >= 0.6 is 0 Å². The predicted octanol–water partition coefficient (Wildman–Crippen LogP) is 3.81. The zero-order valence-corrected chi connectivity index (χ0v) is 13.0. The summed E-state index contributed by atoms with van der Waals surface area (Å²) in [5.41, 5.74) is 2.14. The fraction of sp³-hybridized carbons (Fsp3) is 0.235. The zero-order chi connectivity index (χ0) is 16.4. The maximum absolute atomic E-state index is 13.1. The zero-order valence-electron chi connectivity index (χ0n) is 13.0. The third kappa shape index (κ3) is 3.21. The molecule has 1 amide bonds. The number of anilines is 2. The lowest BCUT2D eigenvalue weighted by Crippen LogP contribution is -2.27. The Morgan fingerprint density at radius 1 is 1.22 bits per heavy atom. The number of nitrogens with one attached hydrogen (secondary N) is 1. The quantitative estimate of drug-likeness (QED) is 0.745. The second kappa shape index (κ2) is 6.16. The number of pyridine rings is 1. The summed E-state index contributed by atoms with van der Waals surface area (Å²) in [7, 11) is 0. The van der Waals surface area contributed by atoms with Crippen molar-refractivity contribution >= 4 is 28.2 Å². The number of hydrogen-bond acceptors (Lipinski definition) is 3. The predicted molar refractivity (Wildman–Crippen MR) is 86.9 cm³/mol. The normalized spacial score (nSPS) is 11.1. The molecule has 0 bridgehead atoms. The average Bonchev–Trinajstić information content (AvgIpc) is 2.96. The van der Waals surface area contributed by atoms with Crippen LogP contribution in [0.2, 0.25) is 0 Å². The van der Waals surface area contributed by atoms with Crippen molar-refractivity contribution in [1.82, 2.24) is 15.2 Å². The fourth-order valence-corrected chi connectivity index (χ4v) is 2.45. The van der Waals surface area contributed by atoms with E-state index in [4.69, 9.17) is 0 Å². The Morgan fingerprint density at radius 3 is 2.70 bits per heavy atom. The topological polar surface area (TPSA) is 61.9 Å². The Hall–Kier alpha value is -2.76. The van der Waals surface area contributed by atoms with Gasteiger partial charge in [0.05, 0.1) is 23.6 Å². The number of amides is 1. The van der Waals surface area contributed by atoms with Crippen LogP contribution in [0.5, 0.6) is 0 Å². The number of carbonyl (C=O) groups is 1. The van der Waals surface area contributed by atoms with Gasteiger partial charge in [0.1, 0.15) is 0 Å². The van der Waals surface area contributed by atoms with Crippen LogP contribution in [0, 0.1) is 11.9 Å². The van der Waals surface area contributed by atoms with Crippen molar-refractivity contribution in [2.45, 2.75) is 20.3 Å². The molecule has 118 valence electrons. The van der Waals surface area contributed by atoms with Crippen LogP contribution < -0.4 is 4.90 Å². The Kier molecular flexibility index (Phi) is 4.06. The van der Waals surface area contributed by atoms with Gasteiger partial charge in [-0.2, -0.15) is 9.49 Å². The van der Waals surface area contributed by atoms with Gasteiger partial charge in [-0.05, 0) is 36.2 Å². The third-order valence-corrected chi connectivity index (χ3v) is 3.48. The van der Waals surface area contributed by atoms with Gasteiger partial charge in [-0.3, -0.25) is 14.8 Å². The highest BCUT2D eigenvalue weighted by molar-refractivity contribution is 6.02. The van der Waals surface area contributed by atoms with Crippen molar-refractivity contribution in [2.75, 3.05) is 4.90 Å². The van der Waals surface area contributed by atoms with Crippen LogP contribution in [0.15, 0.2) is 42.7 Å². The summed E-state index contributed by atoms with van der Waals surface area (Å²) in [6.45, 7) is 3.97. The molecule has 0 atom stereocenters. The maximum Gasteiger partial charge on any atom is 0.231 e. The van der Waals surface area contributed by atoms with E-state index in [1.807, 2.05) is 32.0 Å². The van der Waals surface area contributed by atoms with Gasteiger partial charge in [0.25, 0.3) is 0 Å². The van der Waals surface area contributed by atoms with E-state index in [1.54, 1.807) is 17.2 Å². The van der Waals surface area contributed by atoms with Crippen LogP contribution in [0.3, 0.4) is 0 Å². The number of rotatable bonds is 4. The van der Waals surface area contributed by atoms with E-state index in [-0.39, 0.29) is 11.8 Å². The Morgan fingerprint density at radius 2 is 2.00 bits per heavy atom. The molecular formula is C17H17FN4O. The van der Waals surface area contributed by atoms with Gasteiger partial charge in [0, 0.05) is 17.5 Å². The molecule has 2 aromatic heterocycles. The van der Waals surface area contributed by atoms with Gasteiger partial charge in [-0.25, -0.2) is 4.98 Å². The average molecular weight is 312 g/mol. The highest BCUT2D eigenvalue weighted by Gasteiger charge is 2.20. The Balaban J connectivity index is 2.06. The molecule has 0 saturated heterocycles. The van der Waals surface area contributed by atoms with Gasteiger partial charge in [0.15, 0.2) is 0 Å². The van der Waals surface area contributed by atoms with E-state index in [1.165, 1.54) is 12.3 Å². The minimum absolute atomic E-state index is 0.0590. The molecule has 0 fully saturated rings. The van der Waals surface area contributed by atoms with Gasteiger partial charge in [0.2, 0.25) is 11.9 Å². The van der Waals surface area contributed by atoms with Crippen molar-refractivity contribution in [3.63, 3.8) is 0 Å². The smallest absolute Gasteiger partial charge is 0.231 e. The number of aromatic amines is 1. The first-order chi connectivity index (χ1) is 11.0. The highest BCUT2D eigenvalue weighted by Crippen LogP contribution is 2.29. The van der Waals surface area contributed by atoms with Crippen LogP contribution in [0.4, 0.5) is 15.8 Å². The van der Waals surface area contributed by atoms with Gasteiger partial charge in [-0.1, -0.05) is 13.8 Å². The summed E-state index contributed by atoms with van der Waals surface area (Å²) < 4.78 is 13.1. The summed E-state index contributed by atoms with van der Waals surface area (Å²) in [5, 5.41) is 7.77. The number of hydrogen-bond donors (Lipinski definition) is 1. The molecule has 5 nitrogen and oxygen atoms in total. The molecule has 0 unspecified atom stereocenters. The van der Waals surface area contributed by atoms with E-state index < -0.39 is 5.95 Å². The van der Waals surface area contributed by atoms with Crippen molar-refractivity contribution in [1.29, 1.82) is 0 Å². The molecule has 1 N–H and O–H groups in total. The van der Waals surface area contributed by atoms with Crippen molar-refractivity contribution in [3.05, 3.63) is 48.7 Å². The molecule has 1 aromatic carbocycles. The molecule has 0 aliphatic heterocycles. The highest BCUT2D eigenvalue weighted by atomic mass is 19.1. The van der Waals surface area contributed by atoms with Crippen LogP contribution in [0.1, 0.15) is 20.3 Å². The second-order valence-electron chi connectivity index (χ2n) is 5.81. The molecule has 0 aliphatic rings. The van der Waals surface area contributed by atoms with Gasteiger partial charge in [-0.15, -0.1) is 0 Å². The summed E-state index contributed by atoms with van der Waals surface area (Å²) in [6.07, 6.45) is 3.46. The monoisotopic (exact) mass is 312 g/mol. The number of H-pyrrole nitrogens is 1. The van der Waals surface area contributed by atoms with Crippen molar-refractivity contribution in [2.24, 2.45) is 5.92 Å². The largest absolute Gasteiger partial charge is 0.279 e. The standard InChI is InChI=1S/C17H17FN4O/c1-11(2)7-17(23)22(14-4-6-16(18)19-10-14)13-3-5-15-12(8-13)9-20-21-15/h3-6,8-11H,7H2,1-2H3,(H,20,21).